The van der Waals surface area contributed by atoms with E-state index >= 15 is 0 Å². The number of hydrogen-bond acceptors (Lipinski definition) is 5. The Kier molecular flexibility index (Phi) is 6.10. The van der Waals surface area contributed by atoms with E-state index in [0.717, 1.165) is 37.3 Å². The lowest BCUT2D eigenvalue weighted by molar-refractivity contribution is -0.154. The number of ether oxygens (including phenoxy) is 1. The van der Waals surface area contributed by atoms with Crippen molar-refractivity contribution in [3.8, 4) is 22.6 Å². The topological polar surface area (TPSA) is 79.9 Å². The second-order valence-electron chi connectivity index (χ2n) is 9.96. The Hall–Kier alpha value is -3.81. The van der Waals surface area contributed by atoms with Crippen LogP contribution in [-0.4, -0.2) is 33.6 Å². The molecule has 6 nitrogen and oxygen atoms in total. The van der Waals surface area contributed by atoms with Gasteiger partial charge in [0.15, 0.2) is 5.82 Å². The van der Waals surface area contributed by atoms with Crippen molar-refractivity contribution in [3.63, 3.8) is 0 Å². The number of nitrogens with zero attached hydrogens (tertiary/aromatic N) is 2. The van der Waals surface area contributed by atoms with Crippen LogP contribution in [0.15, 0.2) is 54.7 Å². The van der Waals surface area contributed by atoms with Gasteiger partial charge in [0.25, 0.3) is 0 Å². The molecule has 2 heterocycles. The summed E-state index contributed by atoms with van der Waals surface area (Å²) in [4.78, 5) is 25.4. The molecule has 37 heavy (non-hydrogen) atoms. The van der Waals surface area contributed by atoms with Crippen LogP contribution in [-0.2, 0) is 9.53 Å². The predicted octanol–water partition coefficient (Wildman–Crippen LogP) is 6.35. The number of nitrogens with one attached hydrogen (secondary N) is 2. The van der Waals surface area contributed by atoms with E-state index in [2.05, 4.69) is 10.3 Å². The molecule has 2 aromatic heterocycles. The number of carbonyl (C=O) groups excluding carboxylic acids is 1. The van der Waals surface area contributed by atoms with Gasteiger partial charge in [-0.3, -0.25) is 4.79 Å². The highest BCUT2D eigenvalue weighted by Crippen LogP contribution is 2.47. The van der Waals surface area contributed by atoms with Gasteiger partial charge in [0.05, 0.1) is 23.7 Å². The van der Waals surface area contributed by atoms with Crippen molar-refractivity contribution >= 4 is 22.7 Å². The highest BCUT2D eigenvalue weighted by molar-refractivity contribution is 5.94. The number of hydrogen-bond donors (Lipinski definition) is 2. The van der Waals surface area contributed by atoms with E-state index in [1.54, 1.807) is 6.20 Å². The maximum absolute atomic E-state index is 14.4. The summed E-state index contributed by atoms with van der Waals surface area (Å²) in [6.07, 6.45) is 5.78. The second-order valence-corrected chi connectivity index (χ2v) is 9.96. The minimum atomic E-state index is -0.672. The van der Waals surface area contributed by atoms with E-state index in [-0.39, 0.29) is 29.4 Å². The fraction of sp³-hybridized carbons (Fsp3) is 0.345. The zero-order valence-corrected chi connectivity index (χ0v) is 20.5. The number of carbonyl (C=O) groups is 1. The number of halogens is 2. The molecular weight excluding hydrogens is 474 g/mol. The number of H-pyrrole nitrogens is 1. The van der Waals surface area contributed by atoms with Crippen molar-refractivity contribution in [1.82, 2.24) is 15.0 Å². The third-order valence-electron chi connectivity index (χ3n) is 7.84. The van der Waals surface area contributed by atoms with Gasteiger partial charge in [0.1, 0.15) is 17.5 Å². The Labute approximate surface area is 213 Å². The van der Waals surface area contributed by atoms with Gasteiger partial charge in [0.2, 0.25) is 0 Å². The molecule has 3 saturated carbocycles. The number of rotatable bonds is 6. The lowest BCUT2D eigenvalue weighted by Crippen LogP contribution is -2.52. The molecule has 0 spiro atoms. The maximum Gasteiger partial charge on any atom is 0.311 e. The number of fused-ring (bicyclic) bond motifs is 4. The third-order valence-corrected chi connectivity index (χ3v) is 7.84. The van der Waals surface area contributed by atoms with Gasteiger partial charge >= 0.3 is 5.97 Å². The van der Waals surface area contributed by atoms with Crippen LogP contribution < -0.4 is 5.32 Å². The van der Waals surface area contributed by atoms with E-state index in [1.165, 1.54) is 6.07 Å². The molecule has 0 aliphatic heterocycles. The molecule has 3 aliphatic rings. The number of aromatic amines is 1. The lowest BCUT2D eigenvalue weighted by Gasteiger charge is -2.47. The largest absolute Gasteiger partial charge is 0.466 e. The van der Waals surface area contributed by atoms with Gasteiger partial charge in [-0.05, 0) is 50.5 Å². The summed E-state index contributed by atoms with van der Waals surface area (Å²) in [5.41, 5.74) is 2.26. The number of benzene rings is 2. The fourth-order valence-electron chi connectivity index (χ4n) is 6.14. The van der Waals surface area contributed by atoms with Gasteiger partial charge in [-0.1, -0.05) is 30.3 Å². The Morgan fingerprint density at radius 1 is 1.05 bits per heavy atom. The Morgan fingerprint density at radius 3 is 2.57 bits per heavy atom. The highest BCUT2D eigenvalue weighted by Gasteiger charge is 2.48. The van der Waals surface area contributed by atoms with E-state index < -0.39 is 11.6 Å². The number of esters is 1. The van der Waals surface area contributed by atoms with Crippen molar-refractivity contribution in [1.29, 1.82) is 0 Å². The zero-order valence-electron chi connectivity index (χ0n) is 20.5. The third kappa shape index (κ3) is 4.34. The Bertz CT molecular complexity index is 1450. The molecule has 2 atom stereocenters. The summed E-state index contributed by atoms with van der Waals surface area (Å²) in [6.45, 7) is 2.18. The summed E-state index contributed by atoms with van der Waals surface area (Å²) >= 11 is 0. The van der Waals surface area contributed by atoms with Gasteiger partial charge in [0, 0.05) is 40.9 Å². The molecule has 190 valence electrons. The van der Waals surface area contributed by atoms with E-state index in [9.17, 15) is 13.6 Å². The molecule has 0 saturated heterocycles. The molecule has 4 aromatic rings. The van der Waals surface area contributed by atoms with Gasteiger partial charge in [-0.15, -0.1) is 0 Å². The molecule has 2 N–H and O–H groups in total. The average molecular weight is 503 g/mol. The molecule has 3 aliphatic carbocycles. The van der Waals surface area contributed by atoms with Crippen molar-refractivity contribution < 1.29 is 18.3 Å². The first-order valence-electron chi connectivity index (χ1n) is 12.9. The first kappa shape index (κ1) is 23.6. The molecule has 7 rings (SSSR count). The molecule has 2 bridgehead atoms. The smallest absolute Gasteiger partial charge is 0.311 e. The van der Waals surface area contributed by atoms with Crippen LogP contribution in [0, 0.1) is 29.4 Å². The monoisotopic (exact) mass is 502 g/mol. The van der Waals surface area contributed by atoms with Crippen LogP contribution >= 0.6 is 0 Å². The van der Waals surface area contributed by atoms with Gasteiger partial charge in [-0.25, -0.2) is 18.7 Å². The number of anilines is 1. The molecular formula is C29H28F2N4O2. The van der Waals surface area contributed by atoms with Gasteiger partial charge in [-0.2, -0.15) is 0 Å². The summed E-state index contributed by atoms with van der Waals surface area (Å²) in [6, 6.07) is 13.6. The molecule has 2 unspecified atom stereocenters. The van der Waals surface area contributed by atoms with E-state index in [0.29, 0.717) is 40.8 Å². The van der Waals surface area contributed by atoms with Crippen molar-refractivity contribution in [3.05, 3.63) is 66.4 Å². The molecule has 0 amide bonds. The van der Waals surface area contributed by atoms with Crippen LogP contribution in [0.1, 0.15) is 32.6 Å². The minimum Gasteiger partial charge on any atom is -0.466 e. The standard InChI is InChI=1S/C29H28F2N4O2/c1-2-37-29(36)25-17-8-10-18(11-9-17)26(25)34-24-14-23(16-6-4-3-5-7-16)33-28(35-24)21-15-32-27-20(21)12-19(30)13-22(27)31/h3-7,12-15,17-18,25-26,32H,2,8-11H2,1H3,(H,33,34,35). The van der Waals surface area contributed by atoms with Crippen molar-refractivity contribution in [2.75, 3.05) is 11.9 Å². The van der Waals surface area contributed by atoms with Crippen LogP contribution in [0.2, 0.25) is 0 Å². The SMILES string of the molecule is CCOC(=O)C1C2CCC(CC2)C1Nc1cc(-c2ccccc2)nc(-c2c[nH]c3c(F)cc(F)cc23)n1. The van der Waals surface area contributed by atoms with Crippen molar-refractivity contribution in [2.24, 2.45) is 17.8 Å². The predicted molar refractivity (Wildman–Crippen MR) is 138 cm³/mol. The van der Waals surface area contributed by atoms with Crippen LogP contribution in [0.25, 0.3) is 33.5 Å². The maximum atomic E-state index is 14.4. The van der Waals surface area contributed by atoms with Crippen molar-refractivity contribution in [2.45, 2.75) is 38.6 Å². The quantitative estimate of drug-likeness (QED) is 0.300. The number of aromatic nitrogens is 3. The fourth-order valence-corrected chi connectivity index (χ4v) is 6.14. The van der Waals surface area contributed by atoms with Crippen LogP contribution in [0.4, 0.5) is 14.6 Å². The second kappa shape index (κ2) is 9.57. The summed E-state index contributed by atoms with van der Waals surface area (Å²) in [5.74, 6) is -0.189. The van der Waals surface area contributed by atoms with E-state index in [1.807, 2.05) is 43.3 Å². The van der Waals surface area contributed by atoms with Gasteiger partial charge < -0.3 is 15.0 Å². The Morgan fingerprint density at radius 2 is 1.81 bits per heavy atom. The zero-order chi connectivity index (χ0) is 25.5. The first-order chi connectivity index (χ1) is 18.0. The average Bonchev–Trinajstić information content (AvgIpc) is 3.34. The lowest BCUT2D eigenvalue weighted by atomic mass is 9.61. The van der Waals surface area contributed by atoms with E-state index in [4.69, 9.17) is 14.7 Å². The summed E-state index contributed by atoms with van der Waals surface area (Å²) in [7, 11) is 0. The molecule has 3 fully saturated rings. The van der Waals surface area contributed by atoms with Crippen LogP contribution in [0.5, 0.6) is 0 Å². The highest BCUT2D eigenvalue weighted by atomic mass is 19.1. The Balaban J connectivity index is 1.45. The summed E-state index contributed by atoms with van der Waals surface area (Å²) in [5, 5.41) is 3.94. The minimum absolute atomic E-state index is 0.101. The molecule has 8 heteroatoms. The molecule has 2 aromatic carbocycles. The normalized spacial score (nSPS) is 22.8. The molecule has 0 radical (unpaired) electrons. The van der Waals surface area contributed by atoms with Crippen LogP contribution in [0.3, 0.4) is 0 Å². The first-order valence-corrected chi connectivity index (χ1v) is 12.9. The summed E-state index contributed by atoms with van der Waals surface area (Å²) < 4.78 is 34.0.